The summed E-state index contributed by atoms with van der Waals surface area (Å²) in [6, 6.07) is 0. The van der Waals surface area contributed by atoms with E-state index in [1.165, 1.54) is 35.5 Å². The molecule has 0 aliphatic heterocycles. The van der Waals surface area contributed by atoms with Crippen LogP contribution < -0.4 is 0 Å². The van der Waals surface area contributed by atoms with Gasteiger partial charge in [0.25, 0.3) is 0 Å². The molecule has 0 bridgehead atoms. The van der Waals surface area contributed by atoms with Crippen LogP contribution in [0.3, 0.4) is 0 Å². The van der Waals surface area contributed by atoms with Crippen molar-refractivity contribution < 1.29 is 26.2 Å². The Labute approximate surface area is 169 Å². The van der Waals surface area contributed by atoms with E-state index in [2.05, 4.69) is 88.1 Å². The van der Waals surface area contributed by atoms with Crippen LogP contribution in [0.5, 0.6) is 0 Å². The Bertz CT molecular complexity index is 482. The van der Waals surface area contributed by atoms with Gasteiger partial charge in [0.1, 0.15) is 0 Å². The predicted molar refractivity (Wildman–Crippen MR) is 99.8 cm³/mol. The summed E-state index contributed by atoms with van der Waals surface area (Å²) in [5.74, 6) is 8.31. The van der Waals surface area contributed by atoms with E-state index in [0.717, 1.165) is 0 Å². The van der Waals surface area contributed by atoms with Crippen molar-refractivity contribution in [2.45, 2.75) is 13.8 Å². The van der Waals surface area contributed by atoms with E-state index in [0.29, 0.717) is 0 Å². The maximum Gasteiger partial charge on any atom is 2.00 e. The van der Waals surface area contributed by atoms with E-state index < -0.39 is 0 Å². The average molecular weight is 392 g/mol. The second kappa shape index (κ2) is 8.48. The van der Waals surface area contributed by atoms with Crippen molar-refractivity contribution in [1.82, 2.24) is 0 Å². The quantitative estimate of drug-likeness (QED) is 0.549. The molecule has 0 heterocycles. The van der Waals surface area contributed by atoms with Crippen LogP contribution >= 0.6 is 0 Å². The van der Waals surface area contributed by atoms with Gasteiger partial charge < -0.3 is 14.9 Å². The summed E-state index contributed by atoms with van der Waals surface area (Å²) in [5.41, 5.74) is 0.00616. The Balaban J connectivity index is 0.000000960. The van der Waals surface area contributed by atoms with Crippen molar-refractivity contribution in [3.63, 3.8) is 0 Å². The van der Waals surface area contributed by atoms with Crippen molar-refractivity contribution in [3.8, 4) is 0 Å². The first kappa shape index (κ1) is 21.9. The third kappa shape index (κ3) is 3.40. The van der Waals surface area contributed by atoms with Crippen LogP contribution in [-0.4, -0.2) is 0 Å². The molecule has 0 aromatic carbocycles. The molecule has 120 valence electrons. The molecule has 1 heteroatoms. The standard InChI is InChI=1S/C21H18.2CH3.Zr/c1-21(2,15-9-3-4-10-15)20-18-13-7-5-11-16(18)17-12-6-8-14-19(17)20;;;/h3-14H,1-2H3;2*1H3;/q;2*-1;+2. The summed E-state index contributed by atoms with van der Waals surface area (Å²) < 4.78 is 0. The van der Waals surface area contributed by atoms with Gasteiger partial charge in [-0.05, 0) is 37.0 Å². The van der Waals surface area contributed by atoms with E-state index in [4.69, 9.17) is 0 Å². The third-order valence-corrected chi connectivity index (χ3v) is 4.69. The summed E-state index contributed by atoms with van der Waals surface area (Å²) >= 11 is 0. The monoisotopic (exact) mass is 390 g/mol. The molecule has 10 radical (unpaired) electrons. The molecule has 4 aliphatic carbocycles. The number of hydrogen-bond acceptors (Lipinski definition) is 0. The summed E-state index contributed by atoms with van der Waals surface area (Å²) in [5, 5.41) is 0. The summed E-state index contributed by atoms with van der Waals surface area (Å²) in [4.78, 5) is 0. The Hall–Kier alpha value is -0.157. The van der Waals surface area contributed by atoms with Gasteiger partial charge in [-0.3, -0.25) is 0 Å². The SMILES string of the molecule is CC(C)([C]1[CH][CH][CH][CH]1)[C]1[C]2C=CC=C[C]2[C]2C=CC=C[C]21.[CH3-].[CH3-].[Zr+2]. The van der Waals surface area contributed by atoms with Crippen LogP contribution in [0.1, 0.15) is 13.8 Å². The fourth-order valence-electron chi connectivity index (χ4n) is 3.63. The Morgan fingerprint density at radius 3 is 1.42 bits per heavy atom. The van der Waals surface area contributed by atoms with Crippen LogP contribution in [0.4, 0.5) is 0 Å². The Kier molecular flexibility index (Phi) is 7.74. The first-order valence-electron chi connectivity index (χ1n) is 7.48. The molecule has 0 aromatic heterocycles. The van der Waals surface area contributed by atoms with E-state index in [1.807, 2.05) is 0 Å². The predicted octanol–water partition coefficient (Wildman–Crippen LogP) is 5.45. The van der Waals surface area contributed by atoms with E-state index >= 15 is 0 Å². The Morgan fingerprint density at radius 2 is 1.00 bits per heavy atom. The van der Waals surface area contributed by atoms with Crippen molar-refractivity contribution >= 4 is 0 Å². The van der Waals surface area contributed by atoms with Crippen molar-refractivity contribution in [2.75, 3.05) is 0 Å². The smallest absolute Gasteiger partial charge is 0.358 e. The minimum Gasteiger partial charge on any atom is -0.358 e. The van der Waals surface area contributed by atoms with Crippen LogP contribution in [0.2, 0.25) is 0 Å². The molecule has 0 atom stereocenters. The van der Waals surface area contributed by atoms with Crippen LogP contribution in [0, 0.1) is 81.5 Å². The normalized spacial score (nSPS) is 25.1. The zero-order valence-corrected chi connectivity index (χ0v) is 17.4. The van der Waals surface area contributed by atoms with E-state index in [1.54, 1.807) is 0 Å². The van der Waals surface area contributed by atoms with E-state index in [-0.39, 0.29) is 46.5 Å². The van der Waals surface area contributed by atoms with Crippen LogP contribution in [-0.2, 0) is 26.2 Å². The average Bonchev–Trinajstić information content (AvgIpc) is 3.14. The maximum atomic E-state index is 2.33. The molecule has 0 N–H and O–H groups in total. The minimum absolute atomic E-state index is 0. The summed E-state index contributed by atoms with van der Waals surface area (Å²) in [6.07, 6.45) is 26.3. The van der Waals surface area contributed by atoms with Gasteiger partial charge in [-0.25, -0.2) is 0 Å². The molecule has 4 rings (SSSR count). The van der Waals surface area contributed by atoms with Crippen LogP contribution in [0.25, 0.3) is 0 Å². The first-order chi connectivity index (χ1) is 10.2. The molecule has 0 spiro atoms. The number of rotatable bonds is 2. The second-order valence-corrected chi connectivity index (χ2v) is 6.26. The topological polar surface area (TPSA) is 0 Å². The van der Waals surface area contributed by atoms with E-state index in [9.17, 15) is 0 Å². The number of allylic oxidation sites excluding steroid dienone is 8. The zero-order chi connectivity index (χ0) is 14.4. The molecule has 0 amide bonds. The fourth-order valence-corrected chi connectivity index (χ4v) is 3.63. The minimum atomic E-state index is 0. The van der Waals surface area contributed by atoms with Crippen molar-refractivity contribution in [3.05, 3.63) is 125 Å². The molecule has 2 fully saturated rings. The fraction of sp³-hybridized carbons (Fsp3) is 0.130. The summed E-state index contributed by atoms with van der Waals surface area (Å²) in [6.45, 7) is 4.66. The van der Waals surface area contributed by atoms with Gasteiger partial charge >= 0.3 is 26.2 Å². The van der Waals surface area contributed by atoms with Crippen molar-refractivity contribution in [2.24, 2.45) is 5.41 Å². The zero-order valence-electron chi connectivity index (χ0n) is 14.9. The molecule has 0 saturated heterocycles. The number of fused-ring (bicyclic) bond motifs is 3. The van der Waals surface area contributed by atoms with Gasteiger partial charge in [0.15, 0.2) is 0 Å². The van der Waals surface area contributed by atoms with Gasteiger partial charge in [0.2, 0.25) is 0 Å². The largest absolute Gasteiger partial charge is 2.00 e. The third-order valence-electron chi connectivity index (χ3n) is 4.69. The second-order valence-electron chi connectivity index (χ2n) is 6.26. The maximum absolute atomic E-state index is 2.33. The summed E-state index contributed by atoms with van der Waals surface area (Å²) in [7, 11) is 0. The number of hydrogen-bond donors (Lipinski definition) is 0. The molecule has 0 nitrogen and oxygen atoms in total. The molecule has 4 aliphatic rings. The Morgan fingerprint density at radius 1 is 0.625 bits per heavy atom. The molecular formula is C23H24Zr. The van der Waals surface area contributed by atoms with Crippen LogP contribution in [0.15, 0.2) is 48.6 Å². The molecule has 0 aromatic rings. The first-order valence-corrected chi connectivity index (χ1v) is 7.48. The van der Waals surface area contributed by atoms with Gasteiger partial charge in [0, 0.05) is 29.6 Å². The van der Waals surface area contributed by atoms with Crippen molar-refractivity contribution in [1.29, 1.82) is 0 Å². The molecule has 2 saturated carbocycles. The van der Waals surface area contributed by atoms with Gasteiger partial charge in [-0.15, -0.1) is 0 Å². The van der Waals surface area contributed by atoms with Gasteiger partial charge in [0.05, 0.1) is 0 Å². The van der Waals surface area contributed by atoms with Gasteiger partial charge in [-0.1, -0.05) is 62.5 Å². The van der Waals surface area contributed by atoms with Gasteiger partial charge in [-0.2, -0.15) is 0 Å². The molecular weight excluding hydrogens is 367 g/mol. The molecule has 24 heavy (non-hydrogen) atoms. The molecule has 0 unspecified atom stereocenters.